The van der Waals surface area contributed by atoms with E-state index in [0.717, 1.165) is 6.08 Å². The van der Waals surface area contributed by atoms with Gasteiger partial charge in [-0.1, -0.05) is 6.58 Å². The highest BCUT2D eigenvalue weighted by atomic mass is 16.2. The SMILES string of the molecule is C=CC(=O)[N+](C)(C)C(=O)CNC. The summed E-state index contributed by atoms with van der Waals surface area (Å²) in [5.74, 6) is -0.474. The molecule has 0 unspecified atom stereocenters. The van der Waals surface area contributed by atoms with Crippen LogP contribution < -0.4 is 5.32 Å². The number of hydrogen-bond donors (Lipinski definition) is 1. The first-order chi connectivity index (χ1) is 5.46. The molecule has 4 nitrogen and oxygen atoms in total. The molecule has 0 aliphatic rings. The predicted molar refractivity (Wildman–Crippen MR) is 46.2 cm³/mol. The van der Waals surface area contributed by atoms with Crippen LogP contribution in [0, 0.1) is 0 Å². The smallest absolute Gasteiger partial charge is 0.308 e. The van der Waals surface area contributed by atoms with Crippen molar-refractivity contribution >= 4 is 11.8 Å². The van der Waals surface area contributed by atoms with Crippen molar-refractivity contribution in [2.24, 2.45) is 0 Å². The van der Waals surface area contributed by atoms with Crippen LogP contribution in [0.3, 0.4) is 0 Å². The van der Waals surface area contributed by atoms with E-state index in [4.69, 9.17) is 0 Å². The van der Waals surface area contributed by atoms with E-state index in [1.165, 1.54) is 0 Å². The summed E-state index contributed by atoms with van der Waals surface area (Å²) in [6.45, 7) is 3.52. The molecule has 0 saturated carbocycles. The highest BCUT2D eigenvalue weighted by Crippen LogP contribution is 1.99. The van der Waals surface area contributed by atoms with Crippen LogP contribution in [0.5, 0.6) is 0 Å². The molecule has 0 aliphatic heterocycles. The summed E-state index contributed by atoms with van der Waals surface area (Å²) in [5.41, 5.74) is 0. The summed E-state index contributed by atoms with van der Waals surface area (Å²) in [5, 5.41) is 2.70. The second kappa shape index (κ2) is 4.13. The minimum absolute atomic E-state index is 0.178. The van der Waals surface area contributed by atoms with E-state index in [-0.39, 0.29) is 22.8 Å². The van der Waals surface area contributed by atoms with Crippen molar-refractivity contribution in [3.8, 4) is 0 Å². The summed E-state index contributed by atoms with van der Waals surface area (Å²) in [7, 11) is 4.75. The van der Waals surface area contributed by atoms with Crippen molar-refractivity contribution in [2.75, 3.05) is 27.7 Å². The molecule has 0 heterocycles. The van der Waals surface area contributed by atoms with Gasteiger partial charge in [-0.05, 0) is 7.05 Å². The maximum atomic E-state index is 11.3. The number of hydrogen-bond acceptors (Lipinski definition) is 3. The number of amides is 2. The Hall–Kier alpha value is -1.00. The van der Waals surface area contributed by atoms with Gasteiger partial charge in [0.25, 0.3) is 0 Å². The van der Waals surface area contributed by atoms with Gasteiger partial charge < -0.3 is 5.32 Å². The van der Waals surface area contributed by atoms with Gasteiger partial charge in [0.2, 0.25) is 0 Å². The predicted octanol–water partition coefficient (Wildman–Crippen LogP) is -0.479. The summed E-state index contributed by atoms with van der Waals surface area (Å²) in [4.78, 5) is 22.5. The fraction of sp³-hybridized carbons (Fsp3) is 0.500. The molecule has 0 aromatic rings. The summed E-state index contributed by atoms with van der Waals surface area (Å²) >= 11 is 0. The number of nitrogens with zero attached hydrogens (tertiary/aromatic N) is 1. The lowest BCUT2D eigenvalue weighted by Gasteiger charge is -2.21. The second-order valence-electron chi connectivity index (χ2n) is 2.92. The molecule has 0 aliphatic carbocycles. The Balaban J connectivity index is 4.48. The fourth-order valence-electron chi connectivity index (χ4n) is 0.700. The molecule has 0 atom stereocenters. The summed E-state index contributed by atoms with van der Waals surface area (Å²) < 4.78 is -0.287. The zero-order valence-electron chi connectivity index (χ0n) is 7.76. The van der Waals surface area contributed by atoms with Crippen LogP contribution in [0.2, 0.25) is 0 Å². The average Bonchev–Trinajstić information content (AvgIpc) is 2.03. The number of quaternary nitrogens is 1. The molecular formula is C8H15N2O2+. The number of nitrogens with one attached hydrogen (secondary N) is 1. The summed E-state index contributed by atoms with van der Waals surface area (Å²) in [6, 6.07) is 0. The van der Waals surface area contributed by atoms with E-state index in [1.807, 2.05) is 0 Å². The Morgan fingerprint density at radius 3 is 2.33 bits per heavy atom. The third-order valence-electron chi connectivity index (χ3n) is 1.68. The van der Waals surface area contributed by atoms with E-state index >= 15 is 0 Å². The molecule has 0 radical (unpaired) electrons. The molecule has 4 heteroatoms. The van der Waals surface area contributed by atoms with Gasteiger partial charge in [-0.25, -0.2) is 9.59 Å². The Morgan fingerprint density at radius 1 is 1.50 bits per heavy atom. The van der Waals surface area contributed by atoms with E-state index in [2.05, 4.69) is 11.9 Å². The highest BCUT2D eigenvalue weighted by molar-refractivity contribution is 5.91. The third-order valence-corrected chi connectivity index (χ3v) is 1.68. The number of likely N-dealkylation sites (N-methyl/N-ethyl adjacent to an activating group) is 2. The molecule has 0 saturated heterocycles. The monoisotopic (exact) mass is 171 g/mol. The molecule has 0 bridgehead atoms. The van der Waals surface area contributed by atoms with Gasteiger partial charge in [-0.15, -0.1) is 0 Å². The van der Waals surface area contributed by atoms with E-state index < -0.39 is 0 Å². The first-order valence-electron chi connectivity index (χ1n) is 3.65. The van der Waals surface area contributed by atoms with Crippen molar-refractivity contribution in [1.82, 2.24) is 5.32 Å². The molecule has 68 valence electrons. The van der Waals surface area contributed by atoms with E-state index in [0.29, 0.717) is 0 Å². The molecule has 12 heavy (non-hydrogen) atoms. The van der Waals surface area contributed by atoms with Gasteiger partial charge in [-0.3, -0.25) is 0 Å². The maximum absolute atomic E-state index is 11.3. The first kappa shape index (κ1) is 11.0. The van der Waals surface area contributed by atoms with Crippen LogP contribution in [0.1, 0.15) is 0 Å². The van der Waals surface area contributed by atoms with Crippen molar-refractivity contribution in [1.29, 1.82) is 0 Å². The lowest BCUT2D eigenvalue weighted by molar-refractivity contribution is -0.732. The van der Waals surface area contributed by atoms with Gasteiger partial charge in [0.1, 0.15) is 6.54 Å². The van der Waals surface area contributed by atoms with Crippen molar-refractivity contribution in [2.45, 2.75) is 0 Å². The minimum atomic E-state index is -0.296. The zero-order chi connectivity index (χ0) is 9.78. The number of imide groups is 1. The minimum Gasteiger partial charge on any atom is -0.308 e. The van der Waals surface area contributed by atoms with Crippen LogP contribution in [-0.4, -0.2) is 44.0 Å². The van der Waals surface area contributed by atoms with Gasteiger partial charge in [-0.2, -0.15) is 4.48 Å². The Labute approximate surface area is 72.4 Å². The summed E-state index contributed by atoms with van der Waals surface area (Å²) in [6.07, 6.45) is 1.16. The molecule has 0 aromatic carbocycles. The molecule has 0 aromatic heterocycles. The van der Waals surface area contributed by atoms with Crippen molar-refractivity contribution < 1.29 is 14.1 Å². The Morgan fingerprint density at radius 2 is 2.00 bits per heavy atom. The lowest BCUT2D eigenvalue weighted by Crippen LogP contribution is -2.52. The van der Waals surface area contributed by atoms with Crippen LogP contribution in [0.25, 0.3) is 0 Å². The molecule has 2 amide bonds. The van der Waals surface area contributed by atoms with Gasteiger partial charge in [0.05, 0.1) is 14.1 Å². The fourth-order valence-corrected chi connectivity index (χ4v) is 0.700. The molecule has 1 N–H and O–H groups in total. The van der Waals surface area contributed by atoms with Crippen LogP contribution in [0.15, 0.2) is 12.7 Å². The third kappa shape index (κ3) is 2.25. The topological polar surface area (TPSA) is 46.2 Å². The normalized spacial score (nSPS) is 10.9. The second-order valence-corrected chi connectivity index (χ2v) is 2.92. The van der Waals surface area contributed by atoms with Gasteiger partial charge in [0.15, 0.2) is 0 Å². The Kier molecular flexibility index (Phi) is 3.79. The Bertz CT molecular complexity index is 209. The quantitative estimate of drug-likeness (QED) is 0.461. The number of carbonyl (C=O) groups excluding carboxylic acids is 2. The van der Waals surface area contributed by atoms with Gasteiger partial charge in [0, 0.05) is 6.08 Å². The highest BCUT2D eigenvalue weighted by Gasteiger charge is 2.31. The zero-order valence-corrected chi connectivity index (χ0v) is 7.76. The van der Waals surface area contributed by atoms with Crippen molar-refractivity contribution in [3.63, 3.8) is 0 Å². The standard InChI is InChI=1S/C8H15N2O2/c1-5-7(11)10(3,4)8(12)6-9-2/h5,9H,1,6H2,2-4H3/q+1. The number of carbonyl (C=O) groups is 2. The largest absolute Gasteiger partial charge is 0.345 e. The average molecular weight is 171 g/mol. The molecule has 0 rings (SSSR count). The molecule has 0 spiro atoms. The van der Waals surface area contributed by atoms with Gasteiger partial charge >= 0.3 is 11.8 Å². The van der Waals surface area contributed by atoms with Crippen LogP contribution in [-0.2, 0) is 9.59 Å². The first-order valence-corrected chi connectivity index (χ1v) is 3.65. The molecular weight excluding hydrogens is 156 g/mol. The lowest BCUT2D eigenvalue weighted by atomic mass is 10.4. The van der Waals surface area contributed by atoms with Crippen LogP contribution >= 0.6 is 0 Å². The van der Waals surface area contributed by atoms with Crippen LogP contribution in [0.4, 0.5) is 0 Å². The van der Waals surface area contributed by atoms with E-state index in [9.17, 15) is 9.59 Å². The molecule has 0 fully saturated rings. The number of rotatable bonds is 3. The van der Waals surface area contributed by atoms with Crippen molar-refractivity contribution in [3.05, 3.63) is 12.7 Å². The van der Waals surface area contributed by atoms with E-state index in [1.54, 1.807) is 21.1 Å². The maximum Gasteiger partial charge on any atom is 0.345 e.